The van der Waals surface area contributed by atoms with E-state index >= 15 is 0 Å². The lowest BCUT2D eigenvalue weighted by Gasteiger charge is -2.18. The van der Waals surface area contributed by atoms with Crippen LogP contribution in [0.5, 0.6) is 0 Å². The molecule has 2 aromatic heterocycles. The molecule has 1 fully saturated rings. The number of ether oxygens (including phenoxy) is 1. The number of likely N-dealkylation sites (N-methyl/N-ethyl adjacent to an activating group) is 1. The number of hydrogen-bond acceptors (Lipinski definition) is 7. The van der Waals surface area contributed by atoms with Crippen LogP contribution in [0.4, 0.5) is 11.6 Å². The molecule has 1 atom stereocenters. The Kier molecular flexibility index (Phi) is 5.67. The third-order valence-corrected chi connectivity index (χ3v) is 4.43. The SMILES string of the molecule is Cc1cc(N)n(CC(=O)N(C)CCNc2cc(C3CCOC3)ncn2)n1. The van der Waals surface area contributed by atoms with Crippen molar-refractivity contribution in [2.24, 2.45) is 0 Å². The average Bonchev–Trinajstić information content (AvgIpc) is 3.25. The first kappa shape index (κ1) is 18.1. The smallest absolute Gasteiger partial charge is 0.244 e. The summed E-state index contributed by atoms with van der Waals surface area (Å²) in [6, 6.07) is 3.70. The summed E-state index contributed by atoms with van der Waals surface area (Å²) < 4.78 is 6.92. The van der Waals surface area contributed by atoms with Gasteiger partial charge in [0.25, 0.3) is 0 Å². The van der Waals surface area contributed by atoms with Crippen molar-refractivity contribution >= 4 is 17.5 Å². The van der Waals surface area contributed by atoms with Crippen molar-refractivity contribution in [3.05, 3.63) is 29.8 Å². The van der Waals surface area contributed by atoms with E-state index in [1.54, 1.807) is 24.3 Å². The molecule has 0 bridgehead atoms. The van der Waals surface area contributed by atoms with Gasteiger partial charge in [-0.05, 0) is 13.3 Å². The number of anilines is 2. The van der Waals surface area contributed by atoms with Crippen LogP contribution in [0.25, 0.3) is 0 Å². The van der Waals surface area contributed by atoms with Gasteiger partial charge in [-0.3, -0.25) is 4.79 Å². The topological polar surface area (TPSA) is 111 Å². The number of carbonyl (C=O) groups is 1. The molecule has 9 nitrogen and oxygen atoms in total. The highest BCUT2D eigenvalue weighted by atomic mass is 16.5. The van der Waals surface area contributed by atoms with Gasteiger partial charge in [-0.25, -0.2) is 14.6 Å². The number of hydrogen-bond donors (Lipinski definition) is 2. The minimum atomic E-state index is -0.0481. The molecule has 3 heterocycles. The molecule has 1 aliphatic heterocycles. The molecule has 1 unspecified atom stereocenters. The summed E-state index contributed by atoms with van der Waals surface area (Å²) in [4.78, 5) is 22.5. The van der Waals surface area contributed by atoms with Gasteiger partial charge in [0, 0.05) is 44.8 Å². The van der Waals surface area contributed by atoms with E-state index in [1.807, 2.05) is 13.0 Å². The summed E-state index contributed by atoms with van der Waals surface area (Å²) in [6.07, 6.45) is 2.55. The third-order valence-electron chi connectivity index (χ3n) is 4.43. The highest BCUT2D eigenvalue weighted by molar-refractivity contribution is 5.76. The predicted octanol–water partition coefficient (Wildman–Crippen LogP) is 0.638. The molecule has 1 aliphatic rings. The van der Waals surface area contributed by atoms with Crippen molar-refractivity contribution in [2.45, 2.75) is 25.8 Å². The standard InChI is InChI=1S/C17H25N7O2/c1-12-7-15(18)24(22-12)9-17(25)23(2)5-4-19-16-8-14(20-11-21-16)13-3-6-26-10-13/h7-8,11,13H,3-6,9-10,18H2,1-2H3,(H,19,20,21). The number of amides is 1. The van der Waals surface area contributed by atoms with Gasteiger partial charge in [-0.2, -0.15) is 5.10 Å². The first-order chi connectivity index (χ1) is 12.5. The fourth-order valence-corrected chi connectivity index (χ4v) is 2.88. The zero-order chi connectivity index (χ0) is 18.5. The van der Waals surface area contributed by atoms with E-state index in [0.29, 0.717) is 31.4 Å². The normalized spacial score (nSPS) is 16.6. The van der Waals surface area contributed by atoms with Crippen molar-refractivity contribution in [3.8, 4) is 0 Å². The van der Waals surface area contributed by atoms with Crippen molar-refractivity contribution in [1.82, 2.24) is 24.6 Å². The van der Waals surface area contributed by atoms with Crippen molar-refractivity contribution in [3.63, 3.8) is 0 Å². The summed E-state index contributed by atoms with van der Waals surface area (Å²) in [5.41, 5.74) is 7.62. The van der Waals surface area contributed by atoms with E-state index in [0.717, 1.165) is 30.2 Å². The van der Waals surface area contributed by atoms with E-state index < -0.39 is 0 Å². The highest BCUT2D eigenvalue weighted by Crippen LogP contribution is 2.24. The Morgan fingerprint density at radius 1 is 1.46 bits per heavy atom. The molecule has 3 rings (SSSR count). The van der Waals surface area contributed by atoms with Crippen LogP contribution in [-0.2, 0) is 16.1 Å². The number of rotatable bonds is 7. The van der Waals surface area contributed by atoms with Crippen LogP contribution in [0.15, 0.2) is 18.5 Å². The molecule has 0 aromatic carbocycles. The van der Waals surface area contributed by atoms with Gasteiger partial charge in [0.1, 0.15) is 24.5 Å². The van der Waals surface area contributed by atoms with Crippen molar-refractivity contribution in [1.29, 1.82) is 0 Å². The molecule has 3 N–H and O–H groups in total. The Hall–Kier alpha value is -2.68. The van der Waals surface area contributed by atoms with E-state index in [2.05, 4.69) is 20.4 Å². The van der Waals surface area contributed by atoms with Gasteiger partial charge in [0.15, 0.2) is 0 Å². The van der Waals surface area contributed by atoms with Crippen LogP contribution in [-0.4, -0.2) is 63.9 Å². The zero-order valence-corrected chi connectivity index (χ0v) is 15.2. The molecular weight excluding hydrogens is 334 g/mol. The number of nitrogens with zero attached hydrogens (tertiary/aromatic N) is 5. The minimum Gasteiger partial charge on any atom is -0.384 e. The molecule has 9 heteroatoms. The maximum absolute atomic E-state index is 12.3. The highest BCUT2D eigenvalue weighted by Gasteiger charge is 2.19. The second-order valence-corrected chi connectivity index (χ2v) is 6.50. The molecule has 0 spiro atoms. The maximum atomic E-state index is 12.3. The quantitative estimate of drug-likeness (QED) is 0.746. The second-order valence-electron chi connectivity index (χ2n) is 6.50. The Morgan fingerprint density at radius 3 is 3.00 bits per heavy atom. The number of carbonyl (C=O) groups excluding carboxylic acids is 1. The minimum absolute atomic E-state index is 0.0481. The summed E-state index contributed by atoms with van der Waals surface area (Å²) in [7, 11) is 1.76. The van der Waals surface area contributed by atoms with E-state index in [-0.39, 0.29) is 12.5 Å². The lowest BCUT2D eigenvalue weighted by Crippen LogP contribution is -2.34. The van der Waals surface area contributed by atoms with Gasteiger partial charge in [0.05, 0.1) is 18.0 Å². The van der Waals surface area contributed by atoms with Crippen LogP contribution in [0.2, 0.25) is 0 Å². The Balaban J connectivity index is 1.47. The van der Waals surface area contributed by atoms with Gasteiger partial charge in [0.2, 0.25) is 5.91 Å². The molecule has 1 amide bonds. The van der Waals surface area contributed by atoms with Gasteiger partial charge in [-0.15, -0.1) is 0 Å². The third kappa shape index (κ3) is 4.48. The van der Waals surface area contributed by atoms with Gasteiger partial charge >= 0.3 is 0 Å². The summed E-state index contributed by atoms with van der Waals surface area (Å²) >= 11 is 0. The van der Waals surface area contributed by atoms with Crippen molar-refractivity contribution in [2.75, 3.05) is 44.4 Å². The number of aromatic nitrogens is 4. The number of nitrogens with one attached hydrogen (secondary N) is 1. The Labute approximate surface area is 152 Å². The fourth-order valence-electron chi connectivity index (χ4n) is 2.88. The van der Waals surface area contributed by atoms with Crippen molar-refractivity contribution < 1.29 is 9.53 Å². The first-order valence-electron chi connectivity index (χ1n) is 8.70. The van der Waals surface area contributed by atoms with E-state index in [4.69, 9.17) is 10.5 Å². The zero-order valence-electron chi connectivity index (χ0n) is 15.2. The maximum Gasteiger partial charge on any atom is 0.244 e. The average molecular weight is 359 g/mol. The summed E-state index contributed by atoms with van der Waals surface area (Å²) in [5.74, 6) is 1.54. The lowest BCUT2D eigenvalue weighted by atomic mass is 10.1. The molecule has 2 aromatic rings. The van der Waals surface area contributed by atoms with Crippen LogP contribution in [0.3, 0.4) is 0 Å². The van der Waals surface area contributed by atoms with Crippen LogP contribution in [0, 0.1) is 6.92 Å². The number of nitrogen functional groups attached to an aromatic ring is 1. The van der Waals surface area contributed by atoms with Gasteiger partial charge in [-0.1, -0.05) is 0 Å². The van der Waals surface area contributed by atoms with Crippen LogP contribution < -0.4 is 11.1 Å². The number of nitrogens with two attached hydrogens (primary N) is 1. The molecule has 0 aliphatic carbocycles. The summed E-state index contributed by atoms with van der Waals surface area (Å²) in [5, 5.41) is 7.45. The Bertz CT molecular complexity index is 755. The largest absolute Gasteiger partial charge is 0.384 e. The fraction of sp³-hybridized carbons (Fsp3) is 0.529. The second kappa shape index (κ2) is 8.13. The molecule has 1 saturated heterocycles. The lowest BCUT2D eigenvalue weighted by molar-refractivity contribution is -0.130. The molecule has 26 heavy (non-hydrogen) atoms. The Morgan fingerprint density at radius 2 is 2.31 bits per heavy atom. The monoisotopic (exact) mass is 359 g/mol. The summed E-state index contributed by atoms with van der Waals surface area (Å²) in [6.45, 7) is 4.61. The molecule has 140 valence electrons. The van der Waals surface area contributed by atoms with Crippen LogP contribution >= 0.6 is 0 Å². The van der Waals surface area contributed by atoms with E-state index in [1.165, 1.54) is 4.68 Å². The molecule has 0 saturated carbocycles. The van der Waals surface area contributed by atoms with E-state index in [9.17, 15) is 4.79 Å². The predicted molar refractivity (Wildman–Crippen MR) is 97.7 cm³/mol. The first-order valence-corrected chi connectivity index (χ1v) is 8.70. The molecule has 0 radical (unpaired) electrons. The van der Waals surface area contributed by atoms with Crippen LogP contribution in [0.1, 0.15) is 23.7 Å². The molecular formula is C17H25N7O2. The number of aryl methyl sites for hydroxylation is 1. The van der Waals surface area contributed by atoms with Gasteiger partial charge < -0.3 is 20.7 Å².